The summed E-state index contributed by atoms with van der Waals surface area (Å²) in [5.74, 6) is 1.63. The van der Waals surface area contributed by atoms with Crippen LogP contribution in [0.5, 0.6) is 0 Å². The summed E-state index contributed by atoms with van der Waals surface area (Å²) < 4.78 is 17.8. The zero-order valence-corrected chi connectivity index (χ0v) is 12.7. The minimum Gasteiger partial charge on any atom is -0.445 e. The molecule has 0 amide bonds. The molecule has 5 heteroatoms. The van der Waals surface area contributed by atoms with Gasteiger partial charge in [0.2, 0.25) is 5.89 Å². The summed E-state index contributed by atoms with van der Waals surface area (Å²) in [5, 5.41) is 0.551. The van der Waals surface area contributed by atoms with E-state index < -0.39 is 10.8 Å². The van der Waals surface area contributed by atoms with Gasteiger partial charge in [0.1, 0.15) is 11.5 Å². The number of aromatic nitrogens is 1. The highest BCUT2D eigenvalue weighted by atomic mass is 35.5. The van der Waals surface area contributed by atoms with Crippen LogP contribution in [0, 0.1) is 13.8 Å². The smallest absolute Gasteiger partial charge is 0.207 e. The molecular formula is C14H16ClNO2S. The maximum Gasteiger partial charge on any atom is 0.207 e. The molecule has 0 unspecified atom stereocenters. The van der Waals surface area contributed by atoms with E-state index in [0.29, 0.717) is 16.7 Å². The maximum absolute atomic E-state index is 12.3. The Morgan fingerprint density at radius 3 is 2.74 bits per heavy atom. The van der Waals surface area contributed by atoms with Crippen LogP contribution in [0.4, 0.5) is 0 Å². The van der Waals surface area contributed by atoms with E-state index in [0.717, 1.165) is 17.0 Å². The van der Waals surface area contributed by atoms with E-state index in [-0.39, 0.29) is 5.25 Å². The number of aryl methyl sites for hydroxylation is 2. The maximum atomic E-state index is 12.3. The van der Waals surface area contributed by atoms with Crippen LogP contribution in [0.15, 0.2) is 28.7 Å². The normalized spacial score (nSPS) is 14.3. The molecule has 2 rings (SSSR count). The monoisotopic (exact) mass is 297 g/mol. The molecule has 1 aromatic carbocycles. The topological polar surface area (TPSA) is 43.1 Å². The van der Waals surface area contributed by atoms with Gasteiger partial charge < -0.3 is 4.42 Å². The van der Waals surface area contributed by atoms with E-state index in [4.69, 9.17) is 16.0 Å². The second kappa shape index (κ2) is 5.88. The molecule has 0 saturated carbocycles. The highest BCUT2D eigenvalue weighted by Crippen LogP contribution is 2.24. The Balaban J connectivity index is 2.11. The van der Waals surface area contributed by atoms with Crippen molar-refractivity contribution in [1.82, 2.24) is 4.98 Å². The van der Waals surface area contributed by atoms with Crippen molar-refractivity contribution in [3.05, 3.63) is 52.2 Å². The molecule has 2 aromatic rings. The highest BCUT2D eigenvalue weighted by Gasteiger charge is 2.17. The Labute approximate surface area is 120 Å². The van der Waals surface area contributed by atoms with Crippen LogP contribution in [-0.4, -0.2) is 9.19 Å². The van der Waals surface area contributed by atoms with Crippen molar-refractivity contribution in [2.75, 3.05) is 0 Å². The van der Waals surface area contributed by atoms with Gasteiger partial charge in [-0.05, 0) is 38.5 Å². The fourth-order valence-electron chi connectivity index (χ4n) is 1.76. The summed E-state index contributed by atoms with van der Waals surface area (Å²) in [5.41, 5.74) is 1.81. The molecule has 0 fully saturated rings. The van der Waals surface area contributed by atoms with Crippen LogP contribution >= 0.6 is 11.6 Å². The summed E-state index contributed by atoms with van der Waals surface area (Å²) in [6.07, 6.45) is 0. The molecule has 1 aromatic heterocycles. The molecule has 0 N–H and O–H groups in total. The lowest BCUT2D eigenvalue weighted by Gasteiger charge is -2.10. The zero-order chi connectivity index (χ0) is 14.0. The van der Waals surface area contributed by atoms with Gasteiger partial charge in [-0.1, -0.05) is 23.7 Å². The van der Waals surface area contributed by atoms with Crippen molar-refractivity contribution < 1.29 is 8.63 Å². The molecule has 0 aliphatic rings. The van der Waals surface area contributed by atoms with Gasteiger partial charge in [-0.2, -0.15) is 0 Å². The molecule has 3 nitrogen and oxygen atoms in total. The lowest BCUT2D eigenvalue weighted by atomic mass is 10.2. The third-order valence-electron chi connectivity index (χ3n) is 3.05. The fraction of sp³-hybridized carbons (Fsp3) is 0.357. The first-order chi connectivity index (χ1) is 8.97. The predicted octanol–water partition coefficient (Wildman–Crippen LogP) is 3.95. The van der Waals surface area contributed by atoms with Crippen LogP contribution in [0.2, 0.25) is 5.02 Å². The second-order valence-electron chi connectivity index (χ2n) is 4.47. The number of benzene rings is 1. The molecule has 0 aliphatic heterocycles. The number of rotatable bonds is 4. The number of oxazole rings is 1. The van der Waals surface area contributed by atoms with E-state index in [1.807, 2.05) is 45.0 Å². The van der Waals surface area contributed by atoms with Crippen molar-refractivity contribution in [2.24, 2.45) is 0 Å². The Hall–Kier alpha value is -1.13. The zero-order valence-electron chi connectivity index (χ0n) is 11.1. The van der Waals surface area contributed by atoms with Crippen molar-refractivity contribution in [2.45, 2.75) is 31.8 Å². The van der Waals surface area contributed by atoms with Crippen LogP contribution in [0.1, 0.15) is 35.1 Å². The van der Waals surface area contributed by atoms with Crippen LogP contribution in [-0.2, 0) is 16.6 Å². The lowest BCUT2D eigenvalue weighted by Crippen LogP contribution is -2.05. The first-order valence-corrected chi connectivity index (χ1v) is 7.79. The summed E-state index contributed by atoms with van der Waals surface area (Å²) >= 11 is 5.95. The molecular weight excluding hydrogens is 282 g/mol. The molecule has 1 heterocycles. The largest absolute Gasteiger partial charge is 0.445 e. The number of hydrogen-bond donors (Lipinski definition) is 0. The van der Waals surface area contributed by atoms with Gasteiger partial charge in [0.15, 0.2) is 0 Å². The molecule has 0 radical (unpaired) electrons. The van der Waals surface area contributed by atoms with E-state index in [9.17, 15) is 4.21 Å². The van der Waals surface area contributed by atoms with Crippen molar-refractivity contribution in [3.63, 3.8) is 0 Å². The average Bonchev–Trinajstić information content (AvgIpc) is 2.67. The number of nitrogens with zero attached hydrogens (tertiary/aromatic N) is 1. The fourth-order valence-corrected chi connectivity index (χ4v) is 3.02. The van der Waals surface area contributed by atoms with Crippen LogP contribution in [0.3, 0.4) is 0 Å². The van der Waals surface area contributed by atoms with Crippen LogP contribution < -0.4 is 0 Å². The predicted molar refractivity (Wildman–Crippen MR) is 77.7 cm³/mol. The van der Waals surface area contributed by atoms with Gasteiger partial charge in [-0.3, -0.25) is 4.21 Å². The van der Waals surface area contributed by atoms with Gasteiger partial charge in [-0.25, -0.2) is 4.98 Å². The van der Waals surface area contributed by atoms with E-state index >= 15 is 0 Å². The molecule has 0 aliphatic carbocycles. The molecule has 102 valence electrons. The van der Waals surface area contributed by atoms with Gasteiger partial charge in [-0.15, -0.1) is 0 Å². The van der Waals surface area contributed by atoms with Crippen molar-refractivity contribution >= 4 is 22.4 Å². The summed E-state index contributed by atoms with van der Waals surface area (Å²) in [6, 6.07) is 7.45. The van der Waals surface area contributed by atoms with Gasteiger partial charge in [0.05, 0.1) is 10.9 Å². The van der Waals surface area contributed by atoms with Crippen LogP contribution in [0.25, 0.3) is 0 Å². The highest BCUT2D eigenvalue weighted by molar-refractivity contribution is 7.84. The first kappa shape index (κ1) is 14.3. The third-order valence-corrected chi connectivity index (χ3v) is 4.88. The average molecular weight is 298 g/mol. The summed E-state index contributed by atoms with van der Waals surface area (Å²) in [7, 11) is -1.08. The molecule has 2 atom stereocenters. The van der Waals surface area contributed by atoms with E-state index in [1.165, 1.54) is 0 Å². The van der Waals surface area contributed by atoms with Gasteiger partial charge in [0.25, 0.3) is 0 Å². The second-order valence-corrected chi connectivity index (χ2v) is 6.67. The number of halogens is 1. The third kappa shape index (κ3) is 3.45. The van der Waals surface area contributed by atoms with Gasteiger partial charge in [0, 0.05) is 15.8 Å². The quantitative estimate of drug-likeness (QED) is 0.858. The summed E-state index contributed by atoms with van der Waals surface area (Å²) in [4.78, 5) is 4.26. The molecule has 0 bridgehead atoms. The van der Waals surface area contributed by atoms with Crippen molar-refractivity contribution in [1.29, 1.82) is 0 Å². The number of hydrogen-bond acceptors (Lipinski definition) is 3. The molecule has 0 saturated heterocycles. The standard InChI is InChI=1S/C14H16ClNO2S/c1-9-10(2)18-14(16-9)8-19(17)11(3)12-5-4-6-13(15)7-12/h4-7,11H,8H2,1-3H3/t11-,19+/m0/s1. The van der Waals surface area contributed by atoms with Crippen molar-refractivity contribution in [3.8, 4) is 0 Å². The van der Waals surface area contributed by atoms with Gasteiger partial charge >= 0.3 is 0 Å². The molecule has 19 heavy (non-hydrogen) atoms. The first-order valence-electron chi connectivity index (χ1n) is 6.03. The van der Waals surface area contributed by atoms with E-state index in [1.54, 1.807) is 0 Å². The Morgan fingerprint density at radius 1 is 1.42 bits per heavy atom. The minimum absolute atomic E-state index is 0.105. The lowest BCUT2D eigenvalue weighted by molar-refractivity contribution is 0.487. The summed E-state index contributed by atoms with van der Waals surface area (Å²) in [6.45, 7) is 5.66. The van der Waals surface area contributed by atoms with E-state index in [2.05, 4.69) is 4.98 Å². The Morgan fingerprint density at radius 2 is 2.16 bits per heavy atom. The Kier molecular flexibility index (Phi) is 4.42. The minimum atomic E-state index is -1.08. The Bertz CT molecular complexity index is 590. The SMILES string of the molecule is Cc1nc(C[S@@](=O)[C@@H](C)c2cccc(Cl)c2)oc1C. The molecule has 0 spiro atoms.